The van der Waals surface area contributed by atoms with Crippen LogP contribution in [0.25, 0.3) is 11.1 Å². The van der Waals surface area contributed by atoms with Crippen LogP contribution in [0.3, 0.4) is 0 Å². The molecule has 8 rings (SSSR count). The van der Waals surface area contributed by atoms with Gasteiger partial charge in [-0.2, -0.15) is 0 Å². The summed E-state index contributed by atoms with van der Waals surface area (Å²) < 4.78 is 34.6. The number of likely N-dealkylation sites (N-methyl/N-ethyl adjacent to an activating group) is 1. The van der Waals surface area contributed by atoms with Crippen molar-refractivity contribution in [2.24, 2.45) is 0 Å². The predicted octanol–water partition coefficient (Wildman–Crippen LogP) is -3.83. The van der Waals surface area contributed by atoms with Crippen LogP contribution in [0.15, 0.2) is 24.3 Å². The van der Waals surface area contributed by atoms with Crippen LogP contribution >= 0.6 is 0 Å². The fourth-order valence-electron chi connectivity index (χ4n) is 9.35. The average molecular weight is 975 g/mol. The molecule has 0 spiro atoms. The van der Waals surface area contributed by atoms with E-state index in [1.165, 1.54) is 20.0 Å². The van der Waals surface area contributed by atoms with Gasteiger partial charge in [0, 0.05) is 28.3 Å². The third-order valence-electron chi connectivity index (χ3n) is 13.0. The summed E-state index contributed by atoms with van der Waals surface area (Å²) >= 11 is 0. The number of ether oxygens (including phenoxy) is 6. The number of rotatable bonds is 11. The highest BCUT2D eigenvalue weighted by atomic mass is 16.7. The quantitative estimate of drug-likeness (QED) is 0.0684. The summed E-state index contributed by atoms with van der Waals surface area (Å²) in [6.07, 6.45) is -22.8. The van der Waals surface area contributed by atoms with Crippen molar-refractivity contribution < 1.29 is 114 Å². The predicted molar refractivity (Wildman–Crippen MR) is 224 cm³/mol. The number of phenolic OH excluding ortho intramolecular Hbond substituents is 3. The summed E-state index contributed by atoms with van der Waals surface area (Å²) in [7, 11) is 1.50. The van der Waals surface area contributed by atoms with Gasteiger partial charge in [-0.1, -0.05) is 6.07 Å². The van der Waals surface area contributed by atoms with Gasteiger partial charge >= 0.3 is 5.97 Å². The van der Waals surface area contributed by atoms with Crippen LogP contribution < -0.4 is 15.4 Å². The molecular weight excluding hydrogens is 924 g/mol. The molecule has 3 fully saturated rings. The number of aliphatic carboxylic acids is 1. The van der Waals surface area contributed by atoms with Gasteiger partial charge in [0.2, 0.25) is 6.29 Å². The Morgan fingerprint density at radius 1 is 0.739 bits per heavy atom. The number of carbonyl (C=O) groups excluding carboxylic acids is 3. The number of carbonyl (C=O) groups is 4. The molecule has 16 atom stereocenters. The summed E-state index contributed by atoms with van der Waals surface area (Å²) in [6.45, 7) is 0.858. The largest absolute Gasteiger partial charge is 0.507 e. The SMILES string of the molecule is CNC1C(C)OC(OC2c3cc(C)c(C(=O)NC(CO)C(=O)O)c(O)c3-c3c(cc4c(c3O)C(=O)c3cc(OC5OCC(O)C(O)C5O)cc(O)c3C4=O)C2O)C(O)C1OC1OCC(O)C(O)C1O. The zero-order chi connectivity index (χ0) is 50.2. The van der Waals surface area contributed by atoms with Crippen LogP contribution in [-0.4, -0.2) is 203 Å². The second-order valence-corrected chi connectivity index (χ2v) is 17.3. The van der Waals surface area contributed by atoms with Crippen molar-refractivity contribution in [2.45, 2.75) is 112 Å². The standard InChI is InChI=1S/C44H50N2O23/c1-11-4-17-25(33(56)22(11)40(61)46-18(8-47)41(62)63)24-15(30(53)38(17)68-44-37(60)39(27(45-3)12(2)66-44)69-43-36(59)32(55)21(50)10-65-43)7-16-26(34(24)57)29(52)14-5-13(6-19(48)23(14)28(16)51)67-42-35(58)31(54)20(49)9-64-42/h4-7,12,18,20-21,27,30-32,35-39,42-45,47-50,53-60H,8-10H2,1-3H3,(H,46,61)(H,62,63). The van der Waals surface area contributed by atoms with Crippen molar-refractivity contribution in [3.63, 3.8) is 0 Å². The zero-order valence-corrected chi connectivity index (χ0v) is 36.6. The van der Waals surface area contributed by atoms with Crippen LogP contribution in [0.5, 0.6) is 23.0 Å². The molecule has 25 nitrogen and oxygen atoms in total. The molecular formula is C44H50N2O23. The normalized spacial score (nSPS) is 33.4. The van der Waals surface area contributed by atoms with E-state index in [4.69, 9.17) is 28.4 Å². The van der Waals surface area contributed by atoms with Gasteiger partial charge in [-0.05, 0) is 49.7 Å². The van der Waals surface area contributed by atoms with Gasteiger partial charge in [0.05, 0.1) is 48.7 Å². The van der Waals surface area contributed by atoms with E-state index in [9.17, 15) is 85.6 Å². The van der Waals surface area contributed by atoms with Crippen molar-refractivity contribution in [3.05, 3.63) is 68.8 Å². The van der Waals surface area contributed by atoms with Gasteiger partial charge in [0.1, 0.15) is 84.0 Å². The van der Waals surface area contributed by atoms with E-state index in [2.05, 4.69) is 10.6 Å². The first kappa shape index (κ1) is 49.9. The molecule has 3 aliphatic heterocycles. The number of carboxylic acids is 1. The van der Waals surface area contributed by atoms with Gasteiger partial charge in [-0.15, -0.1) is 0 Å². The van der Waals surface area contributed by atoms with Crippen LogP contribution in [0, 0.1) is 6.92 Å². The van der Waals surface area contributed by atoms with Crippen molar-refractivity contribution in [1.82, 2.24) is 10.6 Å². The monoisotopic (exact) mass is 974 g/mol. The number of fused-ring (bicyclic) bond motifs is 5. The van der Waals surface area contributed by atoms with Gasteiger partial charge in [0.25, 0.3) is 5.91 Å². The molecule has 0 aromatic heterocycles. The number of aryl methyl sites for hydroxylation is 1. The number of phenols is 3. The first-order valence-corrected chi connectivity index (χ1v) is 21.5. The Kier molecular flexibility index (Phi) is 13.8. The second kappa shape index (κ2) is 19.0. The second-order valence-electron chi connectivity index (χ2n) is 17.3. The number of carboxylic acid groups (broad SMARTS) is 1. The lowest BCUT2D eigenvalue weighted by molar-refractivity contribution is -0.339. The smallest absolute Gasteiger partial charge is 0.328 e. The molecule has 0 radical (unpaired) electrons. The van der Waals surface area contributed by atoms with E-state index in [-0.39, 0.29) is 16.9 Å². The first-order chi connectivity index (χ1) is 32.6. The molecule has 0 saturated carbocycles. The molecule has 1 amide bonds. The molecule has 16 unspecified atom stereocenters. The highest BCUT2D eigenvalue weighted by Gasteiger charge is 2.51. The number of ketones is 2. The maximum atomic E-state index is 14.5. The van der Waals surface area contributed by atoms with E-state index < -0.39 is 203 Å². The van der Waals surface area contributed by atoms with Crippen LogP contribution in [0.2, 0.25) is 0 Å². The third kappa shape index (κ3) is 8.47. The molecule has 3 heterocycles. The molecule has 3 aromatic carbocycles. The first-order valence-electron chi connectivity index (χ1n) is 21.5. The molecule has 25 heteroatoms. The number of hydrogen-bond acceptors (Lipinski definition) is 23. The molecule has 374 valence electrons. The van der Waals surface area contributed by atoms with Crippen LogP contribution in [0.4, 0.5) is 0 Å². The minimum absolute atomic E-state index is 0.0936. The van der Waals surface area contributed by atoms with Gasteiger partial charge in [0.15, 0.2) is 30.2 Å². The summed E-state index contributed by atoms with van der Waals surface area (Å²) in [5, 5.41) is 145. The van der Waals surface area contributed by atoms with Crippen molar-refractivity contribution in [3.8, 4) is 34.1 Å². The summed E-state index contributed by atoms with van der Waals surface area (Å²) in [4.78, 5) is 54.3. The Morgan fingerprint density at radius 3 is 1.96 bits per heavy atom. The number of aromatic hydroxyl groups is 3. The maximum absolute atomic E-state index is 14.5. The Labute approximate surface area is 389 Å². The molecule has 2 aliphatic carbocycles. The summed E-state index contributed by atoms with van der Waals surface area (Å²) in [6, 6.07) is 1.31. The zero-order valence-electron chi connectivity index (χ0n) is 36.6. The lowest BCUT2D eigenvalue weighted by Crippen LogP contribution is -2.65. The van der Waals surface area contributed by atoms with Crippen LogP contribution in [0.1, 0.15) is 78.0 Å². The van der Waals surface area contributed by atoms with Gasteiger partial charge in [-0.3, -0.25) is 14.4 Å². The average Bonchev–Trinajstić information content (AvgIpc) is 3.30. The Hall–Kier alpha value is -5.46. The summed E-state index contributed by atoms with van der Waals surface area (Å²) in [5.41, 5.74) is -4.86. The van der Waals surface area contributed by atoms with E-state index >= 15 is 0 Å². The number of benzene rings is 3. The Bertz CT molecular complexity index is 2560. The molecule has 0 bridgehead atoms. The lowest BCUT2D eigenvalue weighted by atomic mass is 9.74. The molecule has 3 aromatic rings. The lowest BCUT2D eigenvalue weighted by Gasteiger charge is -2.47. The Balaban J connectivity index is 1.23. The summed E-state index contributed by atoms with van der Waals surface area (Å²) in [5.74, 6) is -8.32. The van der Waals surface area contributed by atoms with Crippen molar-refractivity contribution in [2.75, 3.05) is 26.9 Å². The Morgan fingerprint density at radius 2 is 1.33 bits per heavy atom. The number of amides is 1. The van der Waals surface area contributed by atoms with Gasteiger partial charge < -0.3 is 105 Å². The van der Waals surface area contributed by atoms with Crippen molar-refractivity contribution in [1.29, 1.82) is 0 Å². The van der Waals surface area contributed by atoms with E-state index in [0.717, 1.165) is 18.2 Å². The van der Waals surface area contributed by atoms with E-state index in [0.29, 0.717) is 0 Å². The molecule has 3 saturated heterocycles. The fraction of sp³-hybridized carbons (Fsp3) is 0.500. The topological polar surface area (TPSA) is 411 Å². The molecule has 5 aliphatic rings. The fourth-order valence-corrected chi connectivity index (χ4v) is 9.35. The third-order valence-corrected chi connectivity index (χ3v) is 13.0. The number of aliphatic hydroxyl groups is 9. The maximum Gasteiger partial charge on any atom is 0.328 e. The molecule has 15 N–H and O–H groups in total. The van der Waals surface area contributed by atoms with Crippen LogP contribution in [-0.2, 0) is 28.5 Å². The highest BCUT2D eigenvalue weighted by molar-refractivity contribution is 6.31. The number of nitrogens with one attached hydrogen (secondary N) is 2. The van der Waals surface area contributed by atoms with E-state index in [1.54, 1.807) is 6.92 Å². The number of aliphatic hydroxyl groups excluding tert-OH is 9. The minimum atomic E-state index is -2.01. The van der Waals surface area contributed by atoms with Crippen molar-refractivity contribution >= 4 is 23.4 Å². The van der Waals surface area contributed by atoms with E-state index in [1.807, 2.05) is 0 Å². The number of hydrogen-bond donors (Lipinski definition) is 15. The molecule has 69 heavy (non-hydrogen) atoms. The van der Waals surface area contributed by atoms with Gasteiger partial charge in [-0.25, -0.2) is 4.79 Å². The minimum Gasteiger partial charge on any atom is -0.507 e. The highest BCUT2D eigenvalue weighted by Crippen LogP contribution is 2.57.